The third-order valence-electron chi connectivity index (χ3n) is 4.08. The fourth-order valence-corrected chi connectivity index (χ4v) is 3.20. The highest BCUT2D eigenvalue weighted by atomic mass is 127. The first-order valence-electron chi connectivity index (χ1n) is 9.34. The molecule has 0 amide bonds. The third kappa shape index (κ3) is 5.71. The van der Waals surface area contributed by atoms with Crippen molar-refractivity contribution in [3.63, 3.8) is 0 Å². The summed E-state index contributed by atoms with van der Waals surface area (Å²) >= 11 is 8.32. The zero-order valence-electron chi connectivity index (χ0n) is 16.6. The molecule has 7 nitrogen and oxygen atoms in total. The van der Waals surface area contributed by atoms with E-state index >= 15 is 0 Å². The van der Waals surface area contributed by atoms with Gasteiger partial charge < -0.3 is 14.2 Å². The van der Waals surface area contributed by atoms with Gasteiger partial charge in [0.1, 0.15) is 0 Å². The van der Waals surface area contributed by atoms with Gasteiger partial charge >= 0.3 is 17.9 Å². The molecule has 2 aromatic rings. The Hall–Kier alpha value is -2.72. The van der Waals surface area contributed by atoms with Gasteiger partial charge in [-0.3, -0.25) is 9.59 Å². The number of benzene rings is 2. The number of rotatable bonds is 6. The molecule has 0 atom stereocenters. The highest BCUT2D eigenvalue weighted by Gasteiger charge is 2.26. The SMILES string of the molecule is CCC(=O)Oc1ccc(/C=C2\N=C(c3cc(I)ccc3Cl)OC2=O)cc1OC(=O)CC. The Bertz CT molecular complexity index is 1120. The zero-order chi connectivity index (χ0) is 22.5. The molecule has 1 aliphatic rings. The predicted octanol–water partition coefficient (Wildman–Crippen LogP) is 4.92. The Kier molecular flexibility index (Phi) is 7.45. The maximum Gasteiger partial charge on any atom is 0.363 e. The molecule has 0 fully saturated rings. The monoisotopic (exact) mass is 553 g/mol. The van der Waals surface area contributed by atoms with Crippen LogP contribution in [0.4, 0.5) is 0 Å². The lowest BCUT2D eigenvalue weighted by atomic mass is 10.1. The predicted molar refractivity (Wildman–Crippen MR) is 123 cm³/mol. The quantitative estimate of drug-likeness (QED) is 0.218. The van der Waals surface area contributed by atoms with Gasteiger partial charge in [-0.1, -0.05) is 31.5 Å². The Balaban J connectivity index is 1.96. The number of hydrogen-bond acceptors (Lipinski definition) is 7. The van der Waals surface area contributed by atoms with E-state index in [2.05, 4.69) is 27.6 Å². The average Bonchev–Trinajstić information content (AvgIpc) is 3.11. The molecular weight excluding hydrogens is 537 g/mol. The van der Waals surface area contributed by atoms with Crippen LogP contribution in [0.2, 0.25) is 5.02 Å². The first-order valence-corrected chi connectivity index (χ1v) is 10.8. The first-order chi connectivity index (χ1) is 14.8. The third-order valence-corrected chi connectivity index (χ3v) is 5.08. The molecular formula is C22H17ClINO6. The van der Waals surface area contributed by atoms with Gasteiger partial charge in [-0.2, -0.15) is 0 Å². The summed E-state index contributed by atoms with van der Waals surface area (Å²) in [5, 5.41) is 0.407. The van der Waals surface area contributed by atoms with Crippen LogP contribution in [0.25, 0.3) is 6.08 Å². The highest BCUT2D eigenvalue weighted by Crippen LogP contribution is 2.31. The number of halogens is 2. The molecule has 0 spiro atoms. The van der Waals surface area contributed by atoms with Gasteiger partial charge in [-0.15, -0.1) is 0 Å². The van der Waals surface area contributed by atoms with E-state index in [1.165, 1.54) is 18.2 Å². The van der Waals surface area contributed by atoms with Crippen molar-refractivity contribution in [1.29, 1.82) is 0 Å². The summed E-state index contributed by atoms with van der Waals surface area (Å²) in [6, 6.07) is 9.86. The molecule has 9 heteroatoms. The van der Waals surface area contributed by atoms with Gasteiger partial charge in [0.05, 0.1) is 10.6 Å². The van der Waals surface area contributed by atoms with Gasteiger partial charge in [-0.25, -0.2) is 9.79 Å². The molecule has 0 unspecified atom stereocenters. The normalized spacial score (nSPS) is 14.3. The van der Waals surface area contributed by atoms with Crippen LogP contribution in [0.1, 0.15) is 37.8 Å². The minimum atomic E-state index is -0.640. The number of ether oxygens (including phenoxy) is 3. The van der Waals surface area contributed by atoms with Crippen molar-refractivity contribution in [2.24, 2.45) is 4.99 Å². The molecule has 0 N–H and O–H groups in total. The van der Waals surface area contributed by atoms with Crippen molar-refractivity contribution in [3.8, 4) is 11.5 Å². The van der Waals surface area contributed by atoms with Crippen LogP contribution < -0.4 is 9.47 Å². The van der Waals surface area contributed by atoms with Crippen LogP contribution in [0.5, 0.6) is 11.5 Å². The number of esters is 3. The fourth-order valence-electron chi connectivity index (χ4n) is 2.51. The minimum absolute atomic E-state index is 0.0519. The summed E-state index contributed by atoms with van der Waals surface area (Å²) in [6.45, 7) is 3.30. The topological polar surface area (TPSA) is 91.3 Å². The van der Waals surface area contributed by atoms with Crippen molar-refractivity contribution in [3.05, 3.63) is 61.8 Å². The number of aliphatic imine (C=N–C) groups is 1. The van der Waals surface area contributed by atoms with E-state index in [-0.39, 0.29) is 35.9 Å². The standard InChI is InChI=1S/C22H17ClINO6/c1-3-19(26)29-17-8-5-12(10-18(17)30-20(27)4-2)9-16-22(28)31-21(25-16)14-11-13(24)6-7-15(14)23/h5-11H,3-4H2,1-2H3/b16-9-. The average molecular weight is 554 g/mol. The number of nitrogens with zero attached hydrogens (tertiary/aromatic N) is 1. The summed E-state index contributed by atoms with van der Waals surface area (Å²) in [5.41, 5.74) is 1.06. The fraction of sp³-hybridized carbons (Fsp3) is 0.182. The summed E-state index contributed by atoms with van der Waals surface area (Å²) in [6.07, 6.45) is 1.78. The van der Waals surface area contributed by atoms with Crippen molar-refractivity contribution in [1.82, 2.24) is 0 Å². The van der Waals surface area contributed by atoms with Crippen molar-refractivity contribution in [2.75, 3.05) is 0 Å². The summed E-state index contributed by atoms with van der Waals surface area (Å²) < 4.78 is 16.7. The highest BCUT2D eigenvalue weighted by molar-refractivity contribution is 14.1. The summed E-state index contributed by atoms with van der Waals surface area (Å²) in [5.74, 6) is -1.32. The van der Waals surface area contributed by atoms with Crippen LogP contribution in [-0.2, 0) is 19.1 Å². The van der Waals surface area contributed by atoms with E-state index in [0.29, 0.717) is 16.1 Å². The van der Waals surface area contributed by atoms with E-state index < -0.39 is 17.9 Å². The molecule has 0 aliphatic carbocycles. The molecule has 0 saturated carbocycles. The van der Waals surface area contributed by atoms with Crippen molar-refractivity contribution in [2.45, 2.75) is 26.7 Å². The van der Waals surface area contributed by atoms with E-state index in [9.17, 15) is 14.4 Å². The van der Waals surface area contributed by atoms with E-state index in [1.807, 2.05) is 6.07 Å². The second kappa shape index (κ2) is 10.1. The van der Waals surface area contributed by atoms with Crippen molar-refractivity contribution < 1.29 is 28.6 Å². The molecule has 3 rings (SSSR count). The summed E-state index contributed by atoms with van der Waals surface area (Å²) in [7, 11) is 0. The van der Waals surface area contributed by atoms with Crippen LogP contribution in [0.3, 0.4) is 0 Å². The number of carbonyl (C=O) groups excluding carboxylic acids is 3. The Morgan fingerprint density at radius 2 is 1.74 bits per heavy atom. The lowest BCUT2D eigenvalue weighted by Gasteiger charge is -2.10. The van der Waals surface area contributed by atoms with E-state index in [0.717, 1.165) is 3.57 Å². The Morgan fingerprint density at radius 3 is 2.42 bits per heavy atom. The molecule has 1 heterocycles. The van der Waals surface area contributed by atoms with Gasteiger partial charge in [0.2, 0.25) is 5.90 Å². The lowest BCUT2D eigenvalue weighted by molar-refractivity contribution is -0.136. The second-order valence-corrected chi connectivity index (χ2v) is 7.97. The number of carbonyl (C=O) groups is 3. The van der Waals surface area contributed by atoms with Gasteiger partial charge in [0.15, 0.2) is 17.2 Å². The maximum atomic E-state index is 12.3. The molecule has 0 bridgehead atoms. The molecule has 0 radical (unpaired) electrons. The minimum Gasteiger partial charge on any atom is -0.423 e. The molecule has 160 valence electrons. The first kappa shape index (κ1) is 23.0. The number of cyclic esters (lactones) is 1. The largest absolute Gasteiger partial charge is 0.423 e. The van der Waals surface area contributed by atoms with Crippen LogP contribution >= 0.6 is 34.2 Å². The molecule has 31 heavy (non-hydrogen) atoms. The molecule has 2 aromatic carbocycles. The van der Waals surface area contributed by atoms with Gasteiger partial charge in [0, 0.05) is 16.4 Å². The van der Waals surface area contributed by atoms with Gasteiger partial charge in [-0.05, 0) is 64.6 Å². The molecule has 0 saturated heterocycles. The Labute approximate surface area is 197 Å². The Morgan fingerprint density at radius 1 is 1.06 bits per heavy atom. The van der Waals surface area contributed by atoms with Crippen LogP contribution in [0.15, 0.2) is 47.1 Å². The second-order valence-electron chi connectivity index (χ2n) is 6.32. The van der Waals surface area contributed by atoms with Crippen LogP contribution in [-0.4, -0.2) is 23.8 Å². The summed E-state index contributed by atoms with van der Waals surface area (Å²) in [4.78, 5) is 40.0. The van der Waals surface area contributed by atoms with Crippen LogP contribution in [0, 0.1) is 3.57 Å². The zero-order valence-corrected chi connectivity index (χ0v) is 19.5. The lowest BCUT2D eigenvalue weighted by Crippen LogP contribution is -2.10. The van der Waals surface area contributed by atoms with E-state index in [4.69, 9.17) is 25.8 Å². The van der Waals surface area contributed by atoms with Gasteiger partial charge in [0.25, 0.3) is 0 Å². The molecule has 1 aliphatic heterocycles. The van der Waals surface area contributed by atoms with Crippen molar-refractivity contribution >= 4 is 64.1 Å². The number of hydrogen-bond donors (Lipinski definition) is 0. The van der Waals surface area contributed by atoms with E-state index in [1.54, 1.807) is 32.0 Å². The maximum absolute atomic E-state index is 12.3. The molecule has 0 aromatic heterocycles. The smallest absolute Gasteiger partial charge is 0.363 e.